The average molecular weight is 478 g/mol. The van der Waals surface area contributed by atoms with E-state index in [9.17, 15) is 0 Å². The van der Waals surface area contributed by atoms with E-state index in [1.165, 1.54) is 0 Å². The molecule has 2 aromatic carbocycles. The molecule has 174 valence electrons. The Morgan fingerprint density at radius 3 is 2.12 bits per heavy atom. The van der Waals surface area contributed by atoms with Gasteiger partial charge in [0.05, 0.1) is 37.8 Å². The third kappa shape index (κ3) is 4.47. The van der Waals surface area contributed by atoms with Gasteiger partial charge < -0.3 is 24.6 Å². The Bertz CT molecular complexity index is 1280. The summed E-state index contributed by atoms with van der Waals surface area (Å²) in [5.74, 6) is 2.90. The summed E-state index contributed by atoms with van der Waals surface area (Å²) in [6, 6.07) is 11.3. The largest absolute Gasteiger partial charge is 0.493 e. The minimum absolute atomic E-state index is 0.649. The first-order chi connectivity index (χ1) is 16.6. The van der Waals surface area contributed by atoms with Gasteiger partial charge in [-0.15, -0.1) is 0 Å². The molecule has 0 radical (unpaired) electrons. The molecule has 1 saturated heterocycles. The van der Waals surface area contributed by atoms with Crippen molar-refractivity contribution in [1.82, 2.24) is 19.9 Å². The topological polar surface area (TPSA) is 88.5 Å². The highest BCUT2D eigenvalue weighted by atomic mass is 35.5. The predicted octanol–water partition coefficient (Wildman–Crippen LogP) is 4.16. The zero-order chi connectivity index (χ0) is 23.5. The molecule has 34 heavy (non-hydrogen) atoms. The van der Waals surface area contributed by atoms with Crippen LogP contribution in [0.5, 0.6) is 11.5 Å². The monoisotopic (exact) mass is 477 g/mol. The van der Waals surface area contributed by atoms with Gasteiger partial charge in [-0.05, 0) is 30.3 Å². The molecule has 1 aliphatic rings. The summed E-state index contributed by atoms with van der Waals surface area (Å²) < 4.78 is 10.9. The third-order valence-corrected chi connectivity index (χ3v) is 6.00. The second-order valence-corrected chi connectivity index (χ2v) is 8.24. The van der Waals surface area contributed by atoms with Gasteiger partial charge in [0.1, 0.15) is 12.1 Å². The van der Waals surface area contributed by atoms with Gasteiger partial charge in [0, 0.05) is 48.3 Å². The Kier molecular flexibility index (Phi) is 6.18. The van der Waals surface area contributed by atoms with Gasteiger partial charge in [-0.25, -0.2) is 19.9 Å². The number of ether oxygens (including phenoxy) is 2. The summed E-state index contributed by atoms with van der Waals surface area (Å²) >= 11 is 5.95. The predicted molar refractivity (Wildman–Crippen MR) is 134 cm³/mol. The molecule has 3 heterocycles. The second kappa shape index (κ2) is 9.56. The number of nitrogens with one attached hydrogen (secondary N) is 1. The van der Waals surface area contributed by atoms with E-state index < -0.39 is 0 Å². The number of piperazine rings is 1. The minimum atomic E-state index is 0.649. The molecule has 0 amide bonds. The molecule has 10 heteroatoms. The number of halogens is 1. The number of fused-ring (bicyclic) bond motifs is 1. The number of hydrogen-bond donors (Lipinski definition) is 1. The zero-order valence-corrected chi connectivity index (χ0v) is 19.7. The smallest absolute Gasteiger partial charge is 0.225 e. The van der Waals surface area contributed by atoms with Gasteiger partial charge in [-0.2, -0.15) is 0 Å². The first kappa shape index (κ1) is 22.0. The molecule has 0 aliphatic carbocycles. The van der Waals surface area contributed by atoms with Crippen LogP contribution in [-0.4, -0.2) is 60.3 Å². The summed E-state index contributed by atoms with van der Waals surface area (Å²) in [6.07, 6.45) is 5.17. The van der Waals surface area contributed by atoms with E-state index in [4.69, 9.17) is 21.1 Å². The van der Waals surface area contributed by atoms with Crippen LogP contribution in [0.4, 0.5) is 23.1 Å². The van der Waals surface area contributed by atoms with Crippen molar-refractivity contribution >= 4 is 45.6 Å². The number of aromatic nitrogens is 4. The molecular formula is C24H24ClN7O2. The number of anilines is 4. The van der Waals surface area contributed by atoms with Crippen molar-refractivity contribution in [2.45, 2.75) is 0 Å². The maximum atomic E-state index is 5.95. The molecule has 0 spiro atoms. The van der Waals surface area contributed by atoms with E-state index in [2.05, 4.69) is 35.1 Å². The van der Waals surface area contributed by atoms with Crippen LogP contribution in [0.2, 0.25) is 5.02 Å². The van der Waals surface area contributed by atoms with Crippen LogP contribution in [0.15, 0.2) is 55.1 Å². The highest BCUT2D eigenvalue weighted by molar-refractivity contribution is 6.30. The Morgan fingerprint density at radius 2 is 1.44 bits per heavy atom. The van der Waals surface area contributed by atoms with Crippen molar-refractivity contribution in [2.24, 2.45) is 0 Å². The number of rotatable bonds is 6. The van der Waals surface area contributed by atoms with Crippen LogP contribution in [0.1, 0.15) is 0 Å². The van der Waals surface area contributed by atoms with Crippen molar-refractivity contribution < 1.29 is 9.47 Å². The highest BCUT2D eigenvalue weighted by Gasteiger charge is 2.22. The van der Waals surface area contributed by atoms with Crippen molar-refractivity contribution in [3.05, 3.63) is 60.1 Å². The lowest BCUT2D eigenvalue weighted by atomic mass is 10.2. The third-order valence-electron chi connectivity index (χ3n) is 5.75. The van der Waals surface area contributed by atoms with E-state index in [0.717, 1.165) is 54.3 Å². The quantitative estimate of drug-likeness (QED) is 0.439. The standard InChI is InChI=1S/C24H24ClN7O2/c1-33-21-11-19-20(12-22(21)34-2)28-15-29-23(19)31-7-9-32(10-8-31)24-26-13-18(14-27-24)30-17-5-3-16(25)4-6-17/h3-6,11-15,30H,7-10H2,1-2H3. The Morgan fingerprint density at radius 1 is 0.794 bits per heavy atom. The van der Waals surface area contributed by atoms with Crippen LogP contribution in [0, 0.1) is 0 Å². The van der Waals surface area contributed by atoms with Gasteiger partial charge in [-0.1, -0.05) is 11.6 Å². The van der Waals surface area contributed by atoms with Gasteiger partial charge in [-0.3, -0.25) is 0 Å². The zero-order valence-electron chi connectivity index (χ0n) is 18.9. The van der Waals surface area contributed by atoms with Crippen LogP contribution >= 0.6 is 11.6 Å². The molecule has 2 aromatic heterocycles. The molecular weight excluding hydrogens is 454 g/mol. The molecule has 0 bridgehead atoms. The van der Waals surface area contributed by atoms with E-state index in [1.807, 2.05) is 36.4 Å². The van der Waals surface area contributed by atoms with Crippen LogP contribution in [0.3, 0.4) is 0 Å². The summed E-state index contributed by atoms with van der Waals surface area (Å²) in [7, 11) is 3.25. The SMILES string of the molecule is COc1cc2ncnc(N3CCN(c4ncc(Nc5ccc(Cl)cc5)cn4)CC3)c2cc1OC. The molecule has 4 aromatic rings. The van der Waals surface area contributed by atoms with Gasteiger partial charge in [0.15, 0.2) is 11.5 Å². The highest BCUT2D eigenvalue weighted by Crippen LogP contribution is 2.35. The van der Waals surface area contributed by atoms with Gasteiger partial charge in [0.2, 0.25) is 5.95 Å². The van der Waals surface area contributed by atoms with Crippen LogP contribution < -0.4 is 24.6 Å². The summed E-state index contributed by atoms with van der Waals surface area (Å²) in [6.45, 7) is 3.13. The number of hydrogen-bond acceptors (Lipinski definition) is 9. The van der Waals surface area contributed by atoms with Crippen molar-refractivity contribution in [1.29, 1.82) is 0 Å². The summed E-state index contributed by atoms with van der Waals surface area (Å²) in [5, 5.41) is 4.91. The number of nitrogens with zero attached hydrogens (tertiary/aromatic N) is 6. The molecule has 1 N–H and O–H groups in total. The Balaban J connectivity index is 1.27. The lowest BCUT2D eigenvalue weighted by Crippen LogP contribution is -2.47. The second-order valence-electron chi connectivity index (χ2n) is 7.80. The van der Waals surface area contributed by atoms with Crippen molar-refractivity contribution in [2.75, 3.05) is 55.5 Å². The molecule has 1 fully saturated rings. The van der Waals surface area contributed by atoms with E-state index in [-0.39, 0.29) is 0 Å². The first-order valence-electron chi connectivity index (χ1n) is 10.9. The van der Waals surface area contributed by atoms with Crippen LogP contribution in [0.25, 0.3) is 10.9 Å². The lowest BCUT2D eigenvalue weighted by molar-refractivity contribution is 0.356. The summed E-state index contributed by atoms with van der Waals surface area (Å²) in [4.78, 5) is 22.5. The Labute approximate surface area is 202 Å². The van der Waals surface area contributed by atoms with Crippen LogP contribution in [-0.2, 0) is 0 Å². The maximum Gasteiger partial charge on any atom is 0.225 e. The average Bonchev–Trinajstić information content (AvgIpc) is 2.89. The Hall–Kier alpha value is -3.85. The number of benzene rings is 2. The van der Waals surface area contributed by atoms with Crippen molar-refractivity contribution in [3.8, 4) is 11.5 Å². The summed E-state index contributed by atoms with van der Waals surface area (Å²) in [5.41, 5.74) is 2.57. The van der Waals surface area contributed by atoms with Crippen molar-refractivity contribution in [3.63, 3.8) is 0 Å². The molecule has 5 rings (SSSR count). The normalized spacial score (nSPS) is 13.7. The van der Waals surface area contributed by atoms with E-state index in [0.29, 0.717) is 22.5 Å². The van der Waals surface area contributed by atoms with Gasteiger partial charge >= 0.3 is 0 Å². The fourth-order valence-corrected chi connectivity index (χ4v) is 4.11. The minimum Gasteiger partial charge on any atom is -0.493 e. The molecule has 0 unspecified atom stereocenters. The fourth-order valence-electron chi connectivity index (χ4n) is 3.99. The molecule has 9 nitrogen and oxygen atoms in total. The fraction of sp³-hybridized carbons (Fsp3) is 0.250. The molecule has 1 aliphatic heterocycles. The lowest BCUT2D eigenvalue weighted by Gasteiger charge is -2.35. The van der Waals surface area contributed by atoms with E-state index in [1.54, 1.807) is 32.9 Å². The molecule has 0 saturated carbocycles. The van der Waals surface area contributed by atoms with Gasteiger partial charge in [0.25, 0.3) is 0 Å². The van der Waals surface area contributed by atoms with E-state index >= 15 is 0 Å². The maximum absolute atomic E-state index is 5.95. The number of methoxy groups -OCH3 is 2. The molecule has 0 atom stereocenters. The first-order valence-corrected chi connectivity index (χ1v) is 11.2.